The molecule has 4 heterocycles. The van der Waals surface area contributed by atoms with Crippen LogP contribution in [0.3, 0.4) is 0 Å². The fraction of sp³-hybridized carbons (Fsp3) is 0.0625. The van der Waals surface area contributed by atoms with Gasteiger partial charge in [0.15, 0.2) is 5.65 Å². The minimum absolute atomic E-state index is 0.694. The Morgan fingerprint density at radius 3 is 2.95 bits per heavy atom. The number of anilines is 1. The summed E-state index contributed by atoms with van der Waals surface area (Å²) in [5, 5.41) is 9.74. The highest BCUT2D eigenvalue weighted by atomic mass is 32.1. The minimum Gasteiger partial charge on any atom is -0.366 e. The lowest BCUT2D eigenvalue weighted by Crippen LogP contribution is -2.03. The van der Waals surface area contributed by atoms with Gasteiger partial charge in [0.2, 0.25) is 0 Å². The summed E-state index contributed by atoms with van der Waals surface area (Å²) >= 11 is 1.69. The summed E-state index contributed by atoms with van der Waals surface area (Å²) in [5.41, 5.74) is 3.04. The SMILES string of the molecule is c1cncc(CNc2ccn3ncc(-c4cccs4)c3n2)c1. The number of nitrogens with zero attached hydrogens (tertiary/aromatic N) is 4. The molecular weight excluding hydrogens is 294 g/mol. The van der Waals surface area contributed by atoms with Gasteiger partial charge in [-0.3, -0.25) is 4.98 Å². The number of hydrogen-bond donors (Lipinski definition) is 1. The predicted octanol–water partition coefficient (Wildman–Crippen LogP) is 3.46. The Balaban J connectivity index is 1.64. The van der Waals surface area contributed by atoms with E-state index < -0.39 is 0 Å². The van der Waals surface area contributed by atoms with Gasteiger partial charge in [0, 0.05) is 30.0 Å². The summed E-state index contributed by atoms with van der Waals surface area (Å²) in [6.45, 7) is 0.694. The average Bonchev–Trinajstić information content (AvgIpc) is 3.22. The zero-order valence-corrected chi connectivity index (χ0v) is 12.5. The monoisotopic (exact) mass is 307 g/mol. The first-order valence-corrected chi connectivity index (χ1v) is 7.79. The standard InChI is InChI=1S/C16H13N5S/c1-3-12(9-17-6-1)10-18-15-5-7-21-16(20-15)13(11-19-21)14-4-2-8-22-14/h1-9,11H,10H2,(H,18,20). The van der Waals surface area contributed by atoms with Crippen LogP contribution in [0.1, 0.15) is 5.56 Å². The molecule has 0 aliphatic rings. The van der Waals surface area contributed by atoms with Gasteiger partial charge in [-0.2, -0.15) is 5.10 Å². The maximum absolute atomic E-state index is 4.68. The van der Waals surface area contributed by atoms with Crippen LogP contribution in [0.5, 0.6) is 0 Å². The number of thiophene rings is 1. The van der Waals surface area contributed by atoms with E-state index in [0.717, 1.165) is 22.6 Å². The van der Waals surface area contributed by atoms with Gasteiger partial charge in [0.25, 0.3) is 0 Å². The third-order valence-electron chi connectivity index (χ3n) is 3.35. The Morgan fingerprint density at radius 2 is 2.14 bits per heavy atom. The molecule has 4 aromatic heterocycles. The molecule has 108 valence electrons. The van der Waals surface area contributed by atoms with Crippen LogP contribution in [-0.4, -0.2) is 19.6 Å². The largest absolute Gasteiger partial charge is 0.366 e. The highest BCUT2D eigenvalue weighted by Gasteiger charge is 2.09. The smallest absolute Gasteiger partial charge is 0.165 e. The molecule has 0 amide bonds. The number of rotatable bonds is 4. The van der Waals surface area contributed by atoms with Crippen molar-refractivity contribution in [2.75, 3.05) is 5.32 Å². The van der Waals surface area contributed by atoms with Crippen LogP contribution in [0.2, 0.25) is 0 Å². The fourth-order valence-corrected chi connectivity index (χ4v) is 3.00. The predicted molar refractivity (Wildman–Crippen MR) is 87.9 cm³/mol. The van der Waals surface area contributed by atoms with E-state index in [-0.39, 0.29) is 0 Å². The van der Waals surface area contributed by atoms with Gasteiger partial charge in [0.1, 0.15) is 5.82 Å². The lowest BCUT2D eigenvalue weighted by atomic mass is 10.3. The molecule has 0 aromatic carbocycles. The van der Waals surface area contributed by atoms with Crippen LogP contribution < -0.4 is 5.32 Å². The number of fused-ring (bicyclic) bond motifs is 1. The van der Waals surface area contributed by atoms with E-state index in [9.17, 15) is 0 Å². The topological polar surface area (TPSA) is 55.1 Å². The van der Waals surface area contributed by atoms with Crippen molar-refractivity contribution in [3.05, 3.63) is 66.1 Å². The molecule has 0 saturated carbocycles. The molecule has 0 spiro atoms. The second kappa shape index (κ2) is 5.57. The van der Waals surface area contributed by atoms with Gasteiger partial charge < -0.3 is 5.32 Å². The second-order valence-corrected chi connectivity index (χ2v) is 5.78. The van der Waals surface area contributed by atoms with Crippen molar-refractivity contribution in [1.82, 2.24) is 19.6 Å². The molecule has 4 rings (SSSR count). The summed E-state index contributed by atoms with van der Waals surface area (Å²) in [7, 11) is 0. The van der Waals surface area contributed by atoms with Crippen molar-refractivity contribution in [2.45, 2.75) is 6.54 Å². The van der Waals surface area contributed by atoms with E-state index in [0.29, 0.717) is 6.54 Å². The van der Waals surface area contributed by atoms with E-state index in [1.807, 2.05) is 42.9 Å². The lowest BCUT2D eigenvalue weighted by Gasteiger charge is -2.06. The molecule has 0 bridgehead atoms. The number of hydrogen-bond acceptors (Lipinski definition) is 5. The van der Waals surface area contributed by atoms with E-state index >= 15 is 0 Å². The molecule has 0 unspecified atom stereocenters. The fourth-order valence-electron chi connectivity index (χ4n) is 2.27. The Kier molecular flexibility index (Phi) is 3.29. The first-order chi connectivity index (χ1) is 10.9. The molecule has 22 heavy (non-hydrogen) atoms. The van der Waals surface area contributed by atoms with Crippen LogP contribution in [0, 0.1) is 0 Å². The molecule has 4 aromatic rings. The molecule has 5 nitrogen and oxygen atoms in total. The van der Waals surface area contributed by atoms with E-state index in [2.05, 4.69) is 31.8 Å². The molecule has 0 saturated heterocycles. The molecule has 0 fully saturated rings. The highest BCUT2D eigenvalue weighted by molar-refractivity contribution is 7.13. The molecule has 0 aliphatic carbocycles. The van der Waals surface area contributed by atoms with Crippen molar-refractivity contribution in [2.24, 2.45) is 0 Å². The van der Waals surface area contributed by atoms with Gasteiger partial charge in [0.05, 0.1) is 11.8 Å². The van der Waals surface area contributed by atoms with Gasteiger partial charge >= 0.3 is 0 Å². The average molecular weight is 307 g/mol. The van der Waals surface area contributed by atoms with Gasteiger partial charge in [-0.25, -0.2) is 9.50 Å². The molecule has 0 atom stereocenters. The molecule has 0 radical (unpaired) electrons. The van der Waals surface area contributed by atoms with Crippen molar-refractivity contribution in [3.8, 4) is 10.4 Å². The van der Waals surface area contributed by atoms with E-state index in [4.69, 9.17) is 0 Å². The van der Waals surface area contributed by atoms with Gasteiger partial charge in [-0.05, 0) is 29.1 Å². The first-order valence-electron chi connectivity index (χ1n) is 6.91. The van der Waals surface area contributed by atoms with Crippen LogP contribution in [0.15, 0.2) is 60.5 Å². The normalized spacial score (nSPS) is 10.9. The number of aromatic nitrogens is 4. The lowest BCUT2D eigenvalue weighted by molar-refractivity contribution is 0.936. The Bertz CT molecular complexity index is 883. The van der Waals surface area contributed by atoms with E-state index in [1.165, 1.54) is 4.88 Å². The maximum atomic E-state index is 4.68. The summed E-state index contributed by atoms with van der Waals surface area (Å²) in [6, 6.07) is 10.0. The van der Waals surface area contributed by atoms with Gasteiger partial charge in [-0.15, -0.1) is 11.3 Å². The third-order valence-corrected chi connectivity index (χ3v) is 4.26. The van der Waals surface area contributed by atoms with Crippen LogP contribution in [0.25, 0.3) is 16.1 Å². The Labute approximate surface area is 131 Å². The zero-order valence-electron chi connectivity index (χ0n) is 11.7. The van der Waals surface area contributed by atoms with Crippen molar-refractivity contribution >= 4 is 22.8 Å². The summed E-state index contributed by atoms with van der Waals surface area (Å²) in [6.07, 6.45) is 7.40. The number of nitrogens with one attached hydrogen (secondary N) is 1. The summed E-state index contributed by atoms with van der Waals surface area (Å²) < 4.78 is 1.80. The quantitative estimate of drug-likeness (QED) is 0.627. The van der Waals surface area contributed by atoms with Crippen LogP contribution >= 0.6 is 11.3 Å². The maximum Gasteiger partial charge on any atom is 0.165 e. The first kappa shape index (κ1) is 13.0. The van der Waals surface area contributed by atoms with Gasteiger partial charge in [-0.1, -0.05) is 12.1 Å². The minimum atomic E-state index is 0.694. The second-order valence-electron chi connectivity index (χ2n) is 4.83. The summed E-state index contributed by atoms with van der Waals surface area (Å²) in [4.78, 5) is 9.97. The van der Waals surface area contributed by atoms with E-state index in [1.54, 1.807) is 22.0 Å². The summed E-state index contributed by atoms with van der Waals surface area (Å²) in [5.74, 6) is 0.828. The Morgan fingerprint density at radius 1 is 1.14 bits per heavy atom. The third kappa shape index (κ3) is 2.44. The van der Waals surface area contributed by atoms with Crippen LogP contribution in [-0.2, 0) is 6.54 Å². The molecule has 0 aliphatic heterocycles. The highest BCUT2D eigenvalue weighted by Crippen LogP contribution is 2.28. The van der Waals surface area contributed by atoms with Crippen molar-refractivity contribution in [3.63, 3.8) is 0 Å². The van der Waals surface area contributed by atoms with Crippen molar-refractivity contribution in [1.29, 1.82) is 0 Å². The molecule has 1 N–H and O–H groups in total. The number of pyridine rings is 1. The zero-order chi connectivity index (χ0) is 14.8. The Hall–Kier alpha value is -2.73. The van der Waals surface area contributed by atoms with Crippen molar-refractivity contribution < 1.29 is 0 Å². The molecular formula is C16H13N5S. The van der Waals surface area contributed by atoms with Crippen LogP contribution in [0.4, 0.5) is 5.82 Å². The molecule has 6 heteroatoms.